The van der Waals surface area contributed by atoms with Crippen molar-refractivity contribution >= 4 is 38.5 Å². The molecule has 0 spiro atoms. The van der Waals surface area contributed by atoms with Crippen LogP contribution in [-0.2, 0) is 10.0 Å². The molecule has 0 fully saturated rings. The van der Waals surface area contributed by atoms with Crippen LogP contribution in [0, 0.1) is 5.21 Å². The summed E-state index contributed by atoms with van der Waals surface area (Å²) in [4.78, 5) is 7.83. The number of aromatic nitrogens is 3. The Labute approximate surface area is 196 Å². The lowest BCUT2D eigenvalue weighted by Gasteiger charge is -2.22. The van der Waals surface area contributed by atoms with Gasteiger partial charge in [0.05, 0.1) is 21.6 Å². The molecule has 0 saturated carbocycles. The molecular weight excluding hydrogens is 497 g/mol. The Hall–Kier alpha value is -3.64. The maximum atomic E-state index is 13.9. The van der Waals surface area contributed by atoms with Gasteiger partial charge in [-0.1, -0.05) is 35.9 Å². The van der Waals surface area contributed by atoms with Crippen molar-refractivity contribution in [1.82, 2.24) is 9.97 Å². The van der Waals surface area contributed by atoms with Gasteiger partial charge in [-0.2, -0.15) is 17.9 Å². The second kappa shape index (κ2) is 8.95. The second-order valence-corrected chi connectivity index (χ2v) is 9.00. The summed E-state index contributed by atoms with van der Waals surface area (Å²) in [6.45, 7) is 0. The number of ether oxygens (including phenoxy) is 1. The van der Waals surface area contributed by atoms with E-state index in [1.807, 2.05) is 0 Å². The Morgan fingerprint density at radius 1 is 1.00 bits per heavy atom. The number of hydrogen-bond donors (Lipinski definition) is 1. The van der Waals surface area contributed by atoms with Crippen LogP contribution in [0.25, 0.3) is 11.0 Å². The fourth-order valence-electron chi connectivity index (χ4n) is 3.04. The standard InChI is InChI=1S/C21H14ClF3N4O4S/c22-14-7-1-4-10-17(14)34(31,32)28-19-20(27-16-9-3-2-8-15(16)26-19)33-18(21(23,24)25)13-6-5-11-29(30)12-13/h1-12,18H,(H,26,28). The smallest absolute Gasteiger partial charge is 0.430 e. The number of hydrogen-bond acceptors (Lipinski definition) is 6. The van der Waals surface area contributed by atoms with Crippen molar-refractivity contribution < 1.29 is 31.1 Å². The SMILES string of the molecule is O=S(=O)(Nc1nc2ccccc2nc1OC(c1ccc[n+]([O-])c1)C(F)(F)F)c1ccccc1Cl. The van der Waals surface area contributed by atoms with Gasteiger partial charge in [0.2, 0.25) is 11.9 Å². The average Bonchev–Trinajstić information content (AvgIpc) is 2.76. The van der Waals surface area contributed by atoms with E-state index in [1.165, 1.54) is 36.4 Å². The van der Waals surface area contributed by atoms with Gasteiger partial charge in [-0.05, 0) is 30.3 Å². The van der Waals surface area contributed by atoms with E-state index in [4.69, 9.17) is 16.3 Å². The van der Waals surface area contributed by atoms with Gasteiger partial charge in [0, 0.05) is 6.07 Å². The Kier molecular flexibility index (Phi) is 6.19. The first-order valence-corrected chi connectivity index (χ1v) is 11.4. The Balaban J connectivity index is 1.83. The van der Waals surface area contributed by atoms with Crippen molar-refractivity contribution in [3.05, 3.63) is 88.9 Å². The highest BCUT2D eigenvalue weighted by atomic mass is 35.5. The van der Waals surface area contributed by atoms with Gasteiger partial charge in [0.25, 0.3) is 15.9 Å². The first-order chi connectivity index (χ1) is 16.0. The van der Waals surface area contributed by atoms with Crippen molar-refractivity contribution in [2.75, 3.05) is 4.72 Å². The fraction of sp³-hybridized carbons (Fsp3) is 0.0952. The van der Waals surface area contributed by atoms with Gasteiger partial charge in [-0.25, -0.2) is 18.4 Å². The van der Waals surface area contributed by atoms with E-state index in [-0.39, 0.29) is 25.7 Å². The van der Waals surface area contributed by atoms with Crippen LogP contribution in [-0.4, -0.2) is 24.6 Å². The van der Waals surface area contributed by atoms with Crippen molar-refractivity contribution in [3.8, 4) is 5.88 Å². The van der Waals surface area contributed by atoms with Crippen LogP contribution in [0.1, 0.15) is 11.7 Å². The molecule has 0 amide bonds. The Morgan fingerprint density at radius 2 is 1.65 bits per heavy atom. The zero-order chi connectivity index (χ0) is 24.5. The average molecular weight is 511 g/mol. The maximum absolute atomic E-state index is 13.9. The molecule has 1 atom stereocenters. The number of nitrogens with one attached hydrogen (secondary N) is 1. The lowest BCUT2D eigenvalue weighted by molar-refractivity contribution is -0.606. The summed E-state index contributed by atoms with van der Waals surface area (Å²) >= 11 is 5.98. The molecule has 2 heterocycles. The van der Waals surface area contributed by atoms with Crippen molar-refractivity contribution in [1.29, 1.82) is 0 Å². The van der Waals surface area contributed by atoms with E-state index in [9.17, 15) is 26.8 Å². The molecule has 0 radical (unpaired) electrons. The molecule has 176 valence electrons. The lowest BCUT2D eigenvalue weighted by atomic mass is 10.1. The summed E-state index contributed by atoms with van der Waals surface area (Å²) in [7, 11) is -4.38. The number of sulfonamides is 1. The van der Waals surface area contributed by atoms with Crippen molar-refractivity contribution in [2.45, 2.75) is 17.2 Å². The number of fused-ring (bicyclic) bond motifs is 1. The number of anilines is 1. The number of halogens is 4. The molecule has 4 aromatic rings. The molecule has 4 rings (SSSR count). The van der Waals surface area contributed by atoms with Crippen LogP contribution in [0.4, 0.5) is 19.0 Å². The van der Waals surface area contributed by atoms with Gasteiger partial charge < -0.3 is 9.94 Å². The third-order valence-corrected chi connectivity index (χ3v) is 6.36. The fourth-order valence-corrected chi connectivity index (χ4v) is 4.56. The largest absolute Gasteiger partial charge is 0.619 e. The van der Waals surface area contributed by atoms with Crippen LogP contribution in [0.15, 0.2) is 78.0 Å². The van der Waals surface area contributed by atoms with Crippen molar-refractivity contribution in [2.24, 2.45) is 0 Å². The first-order valence-electron chi connectivity index (χ1n) is 9.51. The van der Waals surface area contributed by atoms with E-state index in [1.54, 1.807) is 12.1 Å². The molecule has 34 heavy (non-hydrogen) atoms. The third kappa shape index (κ3) is 4.97. The van der Waals surface area contributed by atoms with E-state index in [2.05, 4.69) is 14.7 Å². The van der Waals surface area contributed by atoms with Gasteiger partial charge in [-0.3, -0.25) is 4.72 Å². The van der Waals surface area contributed by atoms with Crippen LogP contribution < -0.4 is 14.2 Å². The molecular formula is C21H14ClF3N4O4S. The molecule has 1 unspecified atom stereocenters. The van der Waals surface area contributed by atoms with E-state index in [0.29, 0.717) is 6.20 Å². The predicted octanol–water partition coefficient (Wildman–Crippen LogP) is 4.40. The lowest BCUT2D eigenvalue weighted by Crippen LogP contribution is -2.31. The highest BCUT2D eigenvalue weighted by Gasteiger charge is 2.45. The number of rotatable bonds is 6. The van der Waals surface area contributed by atoms with Gasteiger partial charge >= 0.3 is 6.18 Å². The number of nitrogens with zero attached hydrogens (tertiary/aromatic N) is 3. The first kappa shape index (κ1) is 23.5. The molecule has 0 aliphatic carbocycles. The maximum Gasteiger partial charge on any atom is 0.430 e. The number of para-hydroxylation sites is 2. The molecule has 0 bridgehead atoms. The summed E-state index contributed by atoms with van der Waals surface area (Å²) < 4.78 is 75.0. The zero-order valence-electron chi connectivity index (χ0n) is 16.9. The Morgan fingerprint density at radius 3 is 2.29 bits per heavy atom. The summed E-state index contributed by atoms with van der Waals surface area (Å²) in [5, 5.41) is 11.4. The Bertz CT molecular complexity index is 1470. The van der Waals surface area contributed by atoms with Crippen LogP contribution in [0.3, 0.4) is 0 Å². The summed E-state index contributed by atoms with van der Waals surface area (Å²) in [6.07, 6.45) is -5.90. The molecule has 2 aromatic heterocycles. The minimum absolute atomic E-state index is 0.108. The van der Waals surface area contributed by atoms with Crippen LogP contribution in [0.5, 0.6) is 5.88 Å². The van der Waals surface area contributed by atoms with Gasteiger partial charge in [-0.15, -0.1) is 0 Å². The summed E-state index contributed by atoms with van der Waals surface area (Å²) in [5.74, 6) is -1.32. The highest BCUT2D eigenvalue weighted by Crippen LogP contribution is 2.38. The van der Waals surface area contributed by atoms with Gasteiger partial charge in [0.15, 0.2) is 12.4 Å². The molecule has 8 nitrogen and oxygen atoms in total. The number of alkyl halides is 3. The molecule has 2 aromatic carbocycles. The molecule has 0 aliphatic heterocycles. The normalized spacial score (nSPS) is 12.9. The minimum atomic E-state index is -4.97. The van der Waals surface area contributed by atoms with Crippen LogP contribution >= 0.6 is 11.6 Å². The molecule has 0 aliphatic rings. The van der Waals surface area contributed by atoms with Gasteiger partial charge in [0.1, 0.15) is 4.90 Å². The molecule has 13 heteroatoms. The topological polar surface area (TPSA) is 108 Å². The second-order valence-electron chi connectivity index (χ2n) is 6.94. The molecule has 1 N–H and O–H groups in total. The summed E-state index contributed by atoms with van der Waals surface area (Å²) in [5.41, 5.74) is -0.154. The third-order valence-electron chi connectivity index (χ3n) is 4.52. The summed E-state index contributed by atoms with van der Waals surface area (Å²) in [6, 6.07) is 13.8. The highest BCUT2D eigenvalue weighted by molar-refractivity contribution is 7.92. The van der Waals surface area contributed by atoms with E-state index >= 15 is 0 Å². The number of pyridine rings is 1. The van der Waals surface area contributed by atoms with E-state index in [0.717, 1.165) is 18.3 Å². The predicted molar refractivity (Wildman–Crippen MR) is 117 cm³/mol. The van der Waals surface area contributed by atoms with Crippen LogP contribution in [0.2, 0.25) is 5.02 Å². The number of benzene rings is 2. The minimum Gasteiger partial charge on any atom is -0.619 e. The quantitative estimate of drug-likeness (QED) is 0.304. The zero-order valence-corrected chi connectivity index (χ0v) is 18.5. The van der Waals surface area contributed by atoms with E-state index < -0.39 is 39.6 Å². The monoisotopic (exact) mass is 510 g/mol. The molecule has 0 saturated heterocycles. The van der Waals surface area contributed by atoms with Crippen molar-refractivity contribution in [3.63, 3.8) is 0 Å².